The number of carbonyl (C=O) groups is 1. The summed E-state index contributed by atoms with van der Waals surface area (Å²) in [5.41, 5.74) is 0. The fourth-order valence-electron chi connectivity index (χ4n) is 1.30. The Labute approximate surface area is 73.2 Å². The maximum Gasteiger partial charge on any atom is 0.222 e. The maximum absolute atomic E-state index is 11.0. The van der Waals surface area contributed by atoms with Crippen LogP contribution in [0.3, 0.4) is 0 Å². The van der Waals surface area contributed by atoms with Crippen molar-refractivity contribution in [1.82, 2.24) is 5.32 Å². The third-order valence-electron chi connectivity index (χ3n) is 2.29. The van der Waals surface area contributed by atoms with Crippen molar-refractivity contribution in [3.63, 3.8) is 0 Å². The molecule has 2 N–H and O–H groups in total. The van der Waals surface area contributed by atoms with Gasteiger partial charge in [0.25, 0.3) is 0 Å². The van der Waals surface area contributed by atoms with Gasteiger partial charge in [0.05, 0.1) is 12.5 Å². The Morgan fingerprint density at radius 1 is 1.67 bits per heavy atom. The second kappa shape index (κ2) is 4.45. The Kier molecular flexibility index (Phi) is 3.53. The highest BCUT2D eigenvalue weighted by molar-refractivity contribution is 5.76. The van der Waals surface area contributed by atoms with Gasteiger partial charge in [0.2, 0.25) is 5.91 Å². The molecule has 70 valence electrons. The molecule has 0 spiro atoms. The van der Waals surface area contributed by atoms with Crippen LogP contribution < -0.4 is 5.32 Å². The van der Waals surface area contributed by atoms with Crippen molar-refractivity contribution in [1.29, 1.82) is 0 Å². The van der Waals surface area contributed by atoms with Gasteiger partial charge in [-0.25, -0.2) is 0 Å². The molecule has 1 aliphatic carbocycles. The summed E-state index contributed by atoms with van der Waals surface area (Å²) in [5, 5.41) is 11.7. The third-order valence-corrected chi connectivity index (χ3v) is 2.29. The topological polar surface area (TPSA) is 49.3 Å². The van der Waals surface area contributed by atoms with Crippen molar-refractivity contribution in [2.75, 3.05) is 6.54 Å². The average Bonchev–Trinajstić information content (AvgIpc) is 1.81. The highest BCUT2D eigenvalue weighted by Crippen LogP contribution is 2.25. The Balaban J connectivity index is 2.01. The Bertz CT molecular complexity index is 153. The number of amides is 1. The zero-order chi connectivity index (χ0) is 8.97. The van der Waals surface area contributed by atoms with Gasteiger partial charge >= 0.3 is 0 Å². The highest BCUT2D eigenvalue weighted by atomic mass is 16.3. The molecule has 1 amide bonds. The fraction of sp³-hybridized carbons (Fsp3) is 0.889. The normalized spacial score (nSPS) is 19.8. The molecule has 1 unspecified atom stereocenters. The zero-order valence-corrected chi connectivity index (χ0v) is 7.55. The third kappa shape index (κ3) is 3.22. The average molecular weight is 171 g/mol. The van der Waals surface area contributed by atoms with Crippen LogP contribution in [-0.4, -0.2) is 23.7 Å². The predicted octanol–water partition coefficient (Wildman–Crippen LogP) is 0.674. The van der Waals surface area contributed by atoms with Crippen LogP contribution >= 0.6 is 0 Å². The van der Waals surface area contributed by atoms with Crippen molar-refractivity contribution < 1.29 is 9.90 Å². The lowest BCUT2D eigenvalue weighted by molar-refractivity contribution is -0.123. The molecule has 3 heteroatoms. The molecule has 0 radical (unpaired) electrons. The van der Waals surface area contributed by atoms with E-state index >= 15 is 0 Å². The van der Waals surface area contributed by atoms with E-state index in [-0.39, 0.29) is 12.3 Å². The van der Waals surface area contributed by atoms with E-state index in [9.17, 15) is 4.79 Å². The van der Waals surface area contributed by atoms with Gasteiger partial charge in [-0.2, -0.15) is 0 Å². The molecule has 0 saturated heterocycles. The number of rotatable bonds is 4. The summed E-state index contributed by atoms with van der Waals surface area (Å²) in [5.74, 6) is 0.667. The highest BCUT2D eigenvalue weighted by Gasteiger charge is 2.17. The van der Waals surface area contributed by atoms with Crippen LogP contribution in [0.1, 0.15) is 32.6 Å². The minimum atomic E-state index is -0.522. The number of aliphatic hydroxyl groups is 1. The molecule has 0 aromatic rings. The van der Waals surface area contributed by atoms with E-state index in [1.807, 2.05) is 0 Å². The minimum absolute atomic E-state index is 0.0306. The Hall–Kier alpha value is -0.570. The molecule has 1 rings (SSSR count). The first-order valence-corrected chi connectivity index (χ1v) is 4.63. The first-order chi connectivity index (χ1) is 5.68. The van der Waals surface area contributed by atoms with E-state index in [0.29, 0.717) is 5.92 Å². The van der Waals surface area contributed by atoms with Crippen LogP contribution in [0.15, 0.2) is 0 Å². The van der Waals surface area contributed by atoms with Crippen molar-refractivity contribution in [2.24, 2.45) is 5.92 Å². The summed E-state index contributed by atoms with van der Waals surface area (Å²) in [6, 6.07) is 0. The summed E-state index contributed by atoms with van der Waals surface area (Å²) in [6.45, 7) is 2.43. The predicted molar refractivity (Wildman–Crippen MR) is 46.6 cm³/mol. The van der Waals surface area contributed by atoms with Crippen molar-refractivity contribution in [3.8, 4) is 0 Å². The molecule has 0 aromatic heterocycles. The molecular formula is C9H17NO2. The monoisotopic (exact) mass is 171 g/mol. The standard InChI is InChI=1S/C9H17NO2/c1-7(11)5-9(12)10-6-8-3-2-4-8/h7-8,11H,2-6H2,1H3,(H,10,12). The smallest absolute Gasteiger partial charge is 0.222 e. The van der Waals surface area contributed by atoms with Crippen molar-refractivity contribution >= 4 is 5.91 Å². The SMILES string of the molecule is CC(O)CC(=O)NCC1CCC1. The van der Waals surface area contributed by atoms with Crippen LogP contribution in [-0.2, 0) is 4.79 Å². The van der Waals surface area contributed by atoms with Crippen LogP contribution in [0.4, 0.5) is 0 Å². The summed E-state index contributed by atoms with van der Waals surface area (Å²) in [4.78, 5) is 11.0. The largest absolute Gasteiger partial charge is 0.393 e. The van der Waals surface area contributed by atoms with E-state index in [2.05, 4.69) is 5.32 Å². The lowest BCUT2D eigenvalue weighted by Gasteiger charge is -2.25. The van der Waals surface area contributed by atoms with Crippen molar-refractivity contribution in [3.05, 3.63) is 0 Å². The van der Waals surface area contributed by atoms with Crippen LogP contribution in [0.2, 0.25) is 0 Å². The van der Waals surface area contributed by atoms with Gasteiger partial charge in [-0.15, -0.1) is 0 Å². The molecular weight excluding hydrogens is 154 g/mol. The molecule has 0 bridgehead atoms. The van der Waals surface area contributed by atoms with Gasteiger partial charge in [0.15, 0.2) is 0 Å². The van der Waals surface area contributed by atoms with Gasteiger partial charge < -0.3 is 10.4 Å². The molecule has 1 atom stereocenters. The van der Waals surface area contributed by atoms with Crippen molar-refractivity contribution in [2.45, 2.75) is 38.7 Å². The van der Waals surface area contributed by atoms with Gasteiger partial charge in [0.1, 0.15) is 0 Å². The molecule has 1 saturated carbocycles. The maximum atomic E-state index is 11.0. The molecule has 1 fully saturated rings. The first kappa shape index (κ1) is 9.52. The van der Waals surface area contributed by atoms with Gasteiger partial charge in [-0.1, -0.05) is 6.42 Å². The van der Waals surface area contributed by atoms with E-state index in [1.54, 1.807) is 6.92 Å². The van der Waals surface area contributed by atoms with E-state index in [0.717, 1.165) is 6.54 Å². The number of nitrogens with one attached hydrogen (secondary N) is 1. The van der Waals surface area contributed by atoms with Crippen LogP contribution in [0.25, 0.3) is 0 Å². The quantitative estimate of drug-likeness (QED) is 0.653. The number of hydrogen-bond acceptors (Lipinski definition) is 2. The van der Waals surface area contributed by atoms with Gasteiger partial charge in [-0.3, -0.25) is 4.79 Å². The van der Waals surface area contributed by atoms with Gasteiger partial charge in [-0.05, 0) is 25.7 Å². The fourth-order valence-corrected chi connectivity index (χ4v) is 1.30. The minimum Gasteiger partial charge on any atom is -0.393 e. The summed E-state index contributed by atoms with van der Waals surface area (Å²) in [7, 11) is 0. The van der Waals surface area contributed by atoms with Gasteiger partial charge in [0, 0.05) is 6.54 Å². The molecule has 0 aliphatic heterocycles. The molecule has 0 aromatic carbocycles. The number of carbonyl (C=O) groups excluding carboxylic acids is 1. The molecule has 0 heterocycles. The molecule has 3 nitrogen and oxygen atoms in total. The Morgan fingerprint density at radius 2 is 2.33 bits per heavy atom. The van der Waals surface area contributed by atoms with E-state index < -0.39 is 6.10 Å². The zero-order valence-electron chi connectivity index (χ0n) is 7.55. The second-order valence-corrected chi connectivity index (χ2v) is 3.65. The Morgan fingerprint density at radius 3 is 2.75 bits per heavy atom. The van der Waals surface area contributed by atoms with E-state index in [1.165, 1.54) is 19.3 Å². The summed E-state index contributed by atoms with van der Waals surface area (Å²) in [6.07, 6.45) is 3.50. The lowest BCUT2D eigenvalue weighted by atomic mass is 9.85. The van der Waals surface area contributed by atoms with Crippen LogP contribution in [0.5, 0.6) is 0 Å². The number of hydrogen-bond donors (Lipinski definition) is 2. The number of aliphatic hydroxyl groups excluding tert-OH is 1. The lowest BCUT2D eigenvalue weighted by Crippen LogP contribution is -2.33. The van der Waals surface area contributed by atoms with E-state index in [4.69, 9.17) is 5.11 Å². The van der Waals surface area contributed by atoms with Crippen LogP contribution in [0, 0.1) is 5.92 Å². The first-order valence-electron chi connectivity index (χ1n) is 4.63. The molecule has 1 aliphatic rings. The second-order valence-electron chi connectivity index (χ2n) is 3.65. The summed E-state index contributed by atoms with van der Waals surface area (Å²) >= 11 is 0. The summed E-state index contributed by atoms with van der Waals surface area (Å²) < 4.78 is 0. The molecule has 12 heavy (non-hydrogen) atoms.